The molecule has 0 bridgehead atoms. The Balaban J connectivity index is 2.75. The molecule has 0 saturated heterocycles. The van der Waals surface area contributed by atoms with Crippen molar-refractivity contribution >= 4 is 16.6 Å². The largest absolute Gasteiger partial charge is 0.385 e. The van der Waals surface area contributed by atoms with Crippen LogP contribution in [0.3, 0.4) is 0 Å². The second-order valence-corrected chi connectivity index (χ2v) is 6.42. The van der Waals surface area contributed by atoms with Crippen LogP contribution in [0, 0.1) is 6.92 Å². The molecule has 0 atom stereocenters. The van der Waals surface area contributed by atoms with Crippen molar-refractivity contribution in [1.29, 1.82) is 0 Å². The quantitative estimate of drug-likeness (QED) is 0.863. The fourth-order valence-corrected chi connectivity index (χ4v) is 2.62. The summed E-state index contributed by atoms with van der Waals surface area (Å²) < 4.78 is 0. The van der Waals surface area contributed by atoms with E-state index in [0.717, 1.165) is 18.5 Å². The average Bonchev–Trinajstić information content (AvgIpc) is 2.40. The number of nitrogens with one attached hydrogen (secondary N) is 1. The number of aryl methyl sites for hydroxylation is 1. The van der Waals surface area contributed by atoms with E-state index in [1.54, 1.807) is 0 Å². The SMILES string of the molecule is CCNc1c(C)c(CC)nc2ccc(C(C)(C)C)cc12. The van der Waals surface area contributed by atoms with E-state index in [0.29, 0.717) is 0 Å². The molecule has 0 amide bonds. The lowest BCUT2D eigenvalue weighted by Gasteiger charge is -2.21. The van der Waals surface area contributed by atoms with Crippen LogP contribution in [-0.4, -0.2) is 11.5 Å². The molecule has 0 spiro atoms. The van der Waals surface area contributed by atoms with Gasteiger partial charge < -0.3 is 5.32 Å². The van der Waals surface area contributed by atoms with Crippen molar-refractivity contribution in [1.82, 2.24) is 4.98 Å². The molecule has 0 fully saturated rings. The third-order valence-electron chi connectivity index (χ3n) is 3.88. The number of nitrogens with zero attached hydrogens (tertiary/aromatic N) is 1. The van der Waals surface area contributed by atoms with Gasteiger partial charge >= 0.3 is 0 Å². The Kier molecular flexibility index (Phi) is 4.03. The summed E-state index contributed by atoms with van der Waals surface area (Å²) in [5.41, 5.74) is 6.34. The zero-order valence-corrected chi connectivity index (χ0v) is 13.6. The molecule has 0 unspecified atom stereocenters. The molecule has 1 N–H and O–H groups in total. The smallest absolute Gasteiger partial charge is 0.0726 e. The molecule has 1 aromatic heterocycles. The molecule has 0 aliphatic heterocycles. The summed E-state index contributed by atoms with van der Waals surface area (Å²) in [6, 6.07) is 6.67. The molecule has 1 heterocycles. The summed E-state index contributed by atoms with van der Waals surface area (Å²) >= 11 is 0. The molecule has 1 aromatic carbocycles. The molecule has 2 nitrogen and oxygen atoms in total. The van der Waals surface area contributed by atoms with Crippen LogP contribution < -0.4 is 5.32 Å². The molecular weight excluding hydrogens is 244 g/mol. The summed E-state index contributed by atoms with van der Waals surface area (Å²) in [5.74, 6) is 0. The number of rotatable bonds is 3. The summed E-state index contributed by atoms with van der Waals surface area (Å²) in [6.07, 6.45) is 0.973. The number of pyridine rings is 1. The van der Waals surface area contributed by atoms with E-state index in [2.05, 4.69) is 65.1 Å². The summed E-state index contributed by atoms with van der Waals surface area (Å²) in [5, 5.41) is 4.78. The highest BCUT2D eigenvalue weighted by molar-refractivity contribution is 5.94. The van der Waals surface area contributed by atoms with Crippen LogP contribution >= 0.6 is 0 Å². The number of hydrogen-bond donors (Lipinski definition) is 1. The van der Waals surface area contributed by atoms with Gasteiger partial charge in [0.2, 0.25) is 0 Å². The molecule has 2 heteroatoms. The molecule has 2 aromatic rings. The first-order valence-electron chi connectivity index (χ1n) is 7.56. The third-order valence-corrected chi connectivity index (χ3v) is 3.88. The molecular formula is C18H26N2. The third kappa shape index (κ3) is 2.65. The summed E-state index contributed by atoms with van der Waals surface area (Å²) in [6.45, 7) is 14.2. The van der Waals surface area contributed by atoms with Crippen molar-refractivity contribution in [3.63, 3.8) is 0 Å². The first-order valence-corrected chi connectivity index (χ1v) is 7.56. The highest BCUT2D eigenvalue weighted by Gasteiger charge is 2.16. The molecule has 0 aliphatic rings. The molecule has 0 radical (unpaired) electrons. The zero-order valence-electron chi connectivity index (χ0n) is 13.6. The zero-order chi connectivity index (χ0) is 14.9. The van der Waals surface area contributed by atoms with Crippen molar-refractivity contribution in [2.75, 3.05) is 11.9 Å². The van der Waals surface area contributed by atoms with Gasteiger partial charge in [0.05, 0.1) is 5.52 Å². The Morgan fingerprint density at radius 3 is 2.40 bits per heavy atom. The lowest BCUT2D eigenvalue weighted by Crippen LogP contribution is -2.11. The molecule has 2 rings (SSSR count). The minimum atomic E-state index is 0.162. The van der Waals surface area contributed by atoms with Crippen LogP contribution in [-0.2, 0) is 11.8 Å². The van der Waals surface area contributed by atoms with Crippen molar-refractivity contribution in [3.8, 4) is 0 Å². The van der Waals surface area contributed by atoms with Crippen LogP contribution in [0.4, 0.5) is 5.69 Å². The first kappa shape index (κ1) is 14.8. The Morgan fingerprint density at radius 2 is 1.85 bits per heavy atom. The summed E-state index contributed by atoms with van der Waals surface area (Å²) in [7, 11) is 0. The van der Waals surface area contributed by atoms with Crippen LogP contribution in [0.2, 0.25) is 0 Å². The van der Waals surface area contributed by atoms with Gasteiger partial charge in [-0.15, -0.1) is 0 Å². The number of fused-ring (bicyclic) bond motifs is 1. The van der Waals surface area contributed by atoms with E-state index in [4.69, 9.17) is 4.98 Å². The predicted molar refractivity (Wildman–Crippen MR) is 88.7 cm³/mol. The minimum Gasteiger partial charge on any atom is -0.385 e. The van der Waals surface area contributed by atoms with E-state index < -0.39 is 0 Å². The topological polar surface area (TPSA) is 24.9 Å². The fraction of sp³-hybridized carbons (Fsp3) is 0.500. The monoisotopic (exact) mass is 270 g/mol. The predicted octanol–water partition coefficient (Wildman–Crippen LogP) is 4.83. The highest BCUT2D eigenvalue weighted by atomic mass is 14.9. The number of anilines is 1. The van der Waals surface area contributed by atoms with Gasteiger partial charge in [-0.1, -0.05) is 33.8 Å². The standard InChI is InChI=1S/C18H26N2/c1-7-15-12(3)17(19-8-2)14-11-13(18(4,5)6)9-10-16(14)20-15/h9-11H,7-8H2,1-6H3,(H,19,20). The van der Waals surface area contributed by atoms with Gasteiger partial charge in [0, 0.05) is 23.3 Å². The van der Waals surface area contributed by atoms with Crippen LogP contribution in [0.1, 0.15) is 51.4 Å². The van der Waals surface area contributed by atoms with Crippen molar-refractivity contribution in [3.05, 3.63) is 35.0 Å². The summed E-state index contributed by atoms with van der Waals surface area (Å²) in [4.78, 5) is 4.82. The number of hydrogen-bond acceptors (Lipinski definition) is 2. The fourth-order valence-electron chi connectivity index (χ4n) is 2.62. The van der Waals surface area contributed by atoms with Gasteiger partial charge in [-0.2, -0.15) is 0 Å². The van der Waals surface area contributed by atoms with Crippen LogP contribution in [0.5, 0.6) is 0 Å². The molecule has 0 aliphatic carbocycles. The maximum Gasteiger partial charge on any atom is 0.0726 e. The van der Waals surface area contributed by atoms with E-state index in [1.165, 1.54) is 27.9 Å². The average molecular weight is 270 g/mol. The van der Waals surface area contributed by atoms with Gasteiger partial charge in [0.15, 0.2) is 0 Å². The maximum atomic E-state index is 4.82. The van der Waals surface area contributed by atoms with E-state index in [-0.39, 0.29) is 5.41 Å². The number of benzene rings is 1. The second-order valence-electron chi connectivity index (χ2n) is 6.42. The van der Waals surface area contributed by atoms with Gasteiger partial charge in [0.1, 0.15) is 0 Å². The Hall–Kier alpha value is -1.57. The molecule has 20 heavy (non-hydrogen) atoms. The molecule has 108 valence electrons. The van der Waals surface area contributed by atoms with E-state index >= 15 is 0 Å². The minimum absolute atomic E-state index is 0.162. The van der Waals surface area contributed by atoms with E-state index in [1.807, 2.05) is 0 Å². The van der Waals surface area contributed by atoms with Gasteiger partial charge in [-0.05, 0) is 48.9 Å². The lowest BCUT2D eigenvalue weighted by atomic mass is 9.86. The second kappa shape index (κ2) is 5.43. The van der Waals surface area contributed by atoms with Gasteiger partial charge in [0.25, 0.3) is 0 Å². The van der Waals surface area contributed by atoms with Crippen molar-refractivity contribution < 1.29 is 0 Å². The molecule has 0 saturated carbocycles. The number of aromatic nitrogens is 1. The van der Waals surface area contributed by atoms with Crippen LogP contribution in [0.15, 0.2) is 18.2 Å². The Labute approximate surface area is 122 Å². The maximum absolute atomic E-state index is 4.82. The van der Waals surface area contributed by atoms with Crippen molar-refractivity contribution in [2.45, 2.75) is 53.4 Å². The van der Waals surface area contributed by atoms with Crippen molar-refractivity contribution in [2.24, 2.45) is 0 Å². The normalized spacial score (nSPS) is 11.9. The van der Waals surface area contributed by atoms with Gasteiger partial charge in [-0.25, -0.2) is 0 Å². The van der Waals surface area contributed by atoms with E-state index in [9.17, 15) is 0 Å². The lowest BCUT2D eigenvalue weighted by molar-refractivity contribution is 0.591. The van der Waals surface area contributed by atoms with Gasteiger partial charge in [-0.3, -0.25) is 4.98 Å². The Morgan fingerprint density at radius 1 is 1.15 bits per heavy atom. The van der Waals surface area contributed by atoms with Crippen LogP contribution in [0.25, 0.3) is 10.9 Å². The first-order chi connectivity index (χ1) is 9.38. The Bertz CT molecular complexity index is 621. The highest BCUT2D eigenvalue weighted by Crippen LogP contribution is 2.32.